The SMILES string of the molecule is COc1cccc2[nH]c(C(=O)N3C[C@@H]4CCC[C@@H]4[C@H]3C(=O)N[C@@H](C[C@@H]3CCCNC3=O)C(O)C(=O)NC3CC3)cc12. The standard InChI is InChI=1S/C30H39N5O6/c1-41-24-9-3-8-21-20(24)14-23(33-21)30(40)35-15-17-5-2-7-19(17)25(35)28(38)34-22(13-16-6-4-12-31-27(16)37)26(36)29(39)32-18-10-11-18/h3,8-9,14,16-19,22,25-26,33,36H,2,4-7,10-13,15H2,1H3,(H,31,37)(H,32,39)(H,34,38)/t16-,17-,19-,22-,25-,26?/m0/s1. The summed E-state index contributed by atoms with van der Waals surface area (Å²) in [5.74, 6) is -0.896. The molecule has 1 unspecified atom stereocenters. The Hall–Kier alpha value is -3.60. The van der Waals surface area contributed by atoms with Crippen molar-refractivity contribution in [3.63, 3.8) is 0 Å². The molecular weight excluding hydrogens is 526 g/mol. The molecule has 1 aromatic carbocycles. The number of benzene rings is 1. The minimum Gasteiger partial charge on any atom is -0.496 e. The maximum absolute atomic E-state index is 14.0. The molecule has 2 aliphatic heterocycles. The van der Waals surface area contributed by atoms with Crippen LogP contribution in [0.3, 0.4) is 0 Å². The van der Waals surface area contributed by atoms with Gasteiger partial charge in [-0.05, 0) is 75.0 Å². The minimum absolute atomic E-state index is 0.00562. The van der Waals surface area contributed by atoms with E-state index in [2.05, 4.69) is 20.9 Å². The summed E-state index contributed by atoms with van der Waals surface area (Å²) in [5, 5.41) is 20.5. The summed E-state index contributed by atoms with van der Waals surface area (Å²) in [5.41, 5.74) is 1.14. The third kappa shape index (κ3) is 5.51. The Balaban J connectivity index is 1.25. The van der Waals surface area contributed by atoms with Gasteiger partial charge in [0, 0.05) is 36.0 Å². The molecule has 220 valence electrons. The van der Waals surface area contributed by atoms with Gasteiger partial charge in [0.1, 0.15) is 17.5 Å². The number of amides is 4. The van der Waals surface area contributed by atoms with Crippen LogP contribution >= 0.6 is 0 Å². The van der Waals surface area contributed by atoms with E-state index in [1.807, 2.05) is 18.2 Å². The van der Waals surface area contributed by atoms with Crippen molar-refractivity contribution in [3.05, 3.63) is 30.0 Å². The fraction of sp³-hybridized carbons (Fsp3) is 0.600. The molecule has 41 heavy (non-hydrogen) atoms. The van der Waals surface area contributed by atoms with Gasteiger partial charge in [0.25, 0.3) is 11.8 Å². The molecule has 0 bridgehead atoms. The molecule has 5 N–H and O–H groups in total. The quantitative estimate of drug-likeness (QED) is 0.310. The van der Waals surface area contributed by atoms with Crippen molar-refractivity contribution in [1.29, 1.82) is 0 Å². The van der Waals surface area contributed by atoms with Gasteiger partial charge in [0.05, 0.1) is 13.2 Å². The van der Waals surface area contributed by atoms with E-state index < -0.39 is 30.0 Å². The summed E-state index contributed by atoms with van der Waals surface area (Å²) < 4.78 is 5.46. The number of hydrogen-bond donors (Lipinski definition) is 5. The van der Waals surface area contributed by atoms with Crippen molar-refractivity contribution >= 4 is 34.5 Å². The lowest BCUT2D eigenvalue weighted by atomic mass is 9.88. The molecule has 2 aliphatic carbocycles. The molecule has 1 aromatic heterocycles. The number of ether oxygens (including phenoxy) is 1. The first kappa shape index (κ1) is 27.6. The number of nitrogens with one attached hydrogen (secondary N) is 4. The van der Waals surface area contributed by atoms with Gasteiger partial charge in [-0.1, -0.05) is 12.5 Å². The second-order valence-electron chi connectivity index (χ2n) is 12.1. The Bertz CT molecular complexity index is 1340. The first-order valence-corrected chi connectivity index (χ1v) is 14.9. The van der Waals surface area contributed by atoms with Crippen LogP contribution in [0.1, 0.15) is 61.9 Å². The molecule has 11 heteroatoms. The molecule has 6 atom stereocenters. The molecule has 4 fully saturated rings. The number of aliphatic hydroxyl groups is 1. The zero-order valence-electron chi connectivity index (χ0n) is 23.4. The Morgan fingerprint density at radius 3 is 2.73 bits per heavy atom. The van der Waals surface area contributed by atoms with E-state index in [1.54, 1.807) is 18.1 Å². The number of carbonyl (C=O) groups excluding carboxylic acids is 4. The van der Waals surface area contributed by atoms with E-state index in [0.717, 1.165) is 49.4 Å². The number of rotatable bonds is 9. The predicted molar refractivity (Wildman–Crippen MR) is 150 cm³/mol. The number of aromatic amines is 1. The van der Waals surface area contributed by atoms with E-state index in [-0.39, 0.29) is 42.0 Å². The summed E-state index contributed by atoms with van der Waals surface area (Å²) in [4.78, 5) is 58.1. The van der Waals surface area contributed by atoms with Gasteiger partial charge in [0.15, 0.2) is 6.10 Å². The van der Waals surface area contributed by atoms with Gasteiger partial charge in [-0.15, -0.1) is 0 Å². The summed E-state index contributed by atoms with van der Waals surface area (Å²) in [7, 11) is 1.58. The second kappa shape index (κ2) is 11.3. The van der Waals surface area contributed by atoms with E-state index in [0.29, 0.717) is 31.0 Å². The Kier molecular flexibility index (Phi) is 7.63. The zero-order chi connectivity index (χ0) is 28.7. The normalized spacial score (nSPS) is 27.2. The van der Waals surface area contributed by atoms with Gasteiger partial charge in [0.2, 0.25) is 11.8 Å². The molecule has 0 radical (unpaired) electrons. The third-order valence-corrected chi connectivity index (χ3v) is 9.33. The summed E-state index contributed by atoms with van der Waals surface area (Å²) in [6, 6.07) is 5.67. The monoisotopic (exact) mass is 565 g/mol. The molecule has 11 nitrogen and oxygen atoms in total. The lowest BCUT2D eigenvalue weighted by Crippen LogP contribution is -2.57. The van der Waals surface area contributed by atoms with Crippen molar-refractivity contribution in [1.82, 2.24) is 25.8 Å². The average Bonchev–Trinajstić information content (AvgIpc) is 3.34. The molecule has 2 saturated carbocycles. The number of carbonyl (C=O) groups is 4. The maximum Gasteiger partial charge on any atom is 0.271 e. The van der Waals surface area contributed by atoms with Crippen LogP contribution in [-0.2, 0) is 14.4 Å². The van der Waals surface area contributed by atoms with Crippen LogP contribution in [0.4, 0.5) is 0 Å². The summed E-state index contributed by atoms with van der Waals surface area (Å²) >= 11 is 0. The lowest BCUT2D eigenvalue weighted by Gasteiger charge is -2.32. The number of hydrogen-bond acceptors (Lipinski definition) is 6. The lowest BCUT2D eigenvalue weighted by molar-refractivity contribution is -0.136. The van der Waals surface area contributed by atoms with E-state index in [9.17, 15) is 24.3 Å². The largest absolute Gasteiger partial charge is 0.496 e. The van der Waals surface area contributed by atoms with Crippen LogP contribution in [0, 0.1) is 17.8 Å². The smallest absolute Gasteiger partial charge is 0.271 e. The Morgan fingerprint density at radius 2 is 1.98 bits per heavy atom. The minimum atomic E-state index is -1.50. The highest BCUT2D eigenvalue weighted by atomic mass is 16.5. The fourth-order valence-corrected chi connectivity index (χ4v) is 7.02. The summed E-state index contributed by atoms with van der Waals surface area (Å²) in [6.07, 6.45) is 4.55. The van der Waals surface area contributed by atoms with Gasteiger partial charge < -0.3 is 35.7 Å². The topological polar surface area (TPSA) is 153 Å². The average molecular weight is 566 g/mol. The van der Waals surface area contributed by atoms with Crippen LogP contribution in [0.15, 0.2) is 24.3 Å². The molecule has 0 spiro atoms. The Morgan fingerprint density at radius 1 is 1.15 bits per heavy atom. The van der Waals surface area contributed by atoms with Crippen molar-refractivity contribution in [2.45, 2.75) is 75.6 Å². The van der Waals surface area contributed by atoms with Gasteiger partial charge in [-0.25, -0.2) is 0 Å². The first-order valence-electron chi connectivity index (χ1n) is 14.9. The van der Waals surface area contributed by atoms with Gasteiger partial charge in [-0.2, -0.15) is 0 Å². The number of H-pyrrole nitrogens is 1. The molecule has 4 aliphatic rings. The number of aliphatic hydroxyl groups excluding tert-OH is 1. The van der Waals surface area contributed by atoms with Gasteiger partial charge in [-0.3, -0.25) is 19.2 Å². The van der Waals surface area contributed by atoms with E-state index in [1.165, 1.54) is 0 Å². The fourth-order valence-electron chi connectivity index (χ4n) is 7.02. The number of methoxy groups -OCH3 is 1. The number of aromatic nitrogens is 1. The third-order valence-electron chi connectivity index (χ3n) is 9.33. The van der Waals surface area contributed by atoms with Crippen molar-refractivity contribution in [2.75, 3.05) is 20.2 Å². The van der Waals surface area contributed by atoms with Crippen LogP contribution in [0.5, 0.6) is 5.75 Å². The zero-order valence-corrected chi connectivity index (χ0v) is 23.4. The highest BCUT2D eigenvalue weighted by Gasteiger charge is 2.50. The highest BCUT2D eigenvalue weighted by Crippen LogP contribution is 2.43. The van der Waals surface area contributed by atoms with E-state index in [4.69, 9.17) is 4.74 Å². The van der Waals surface area contributed by atoms with Crippen molar-refractivity contribution in [2.24, 2.45) is 17.8 Å². The first-order chi connectivity index (χ1) is 19.8. The van der Waals surface area contributed by atoms with Crippen LogP contribution in [0.2, 0.25) is 0 Å². The van der Waals surface area contributed by atoms with Crippen molar-refractivity contribution < 1.29 is 29.0 Å². The van der Waals surface area contributed by atoms with Crippen LogP contribution in [0.25, 0.3) is 10.9 Å². The molecule has 3 heterocycles. The molecule has 4 amide bonds. The van der Waals surface area contributed by atoms with Gasteiger partial charge >= 0.3 is 0 Å². The van der Waals surface area contributed by atoms with Crippen molar-refractivity contribution in [3.8, 4) is 5.75 Å². The number of piperidine rings is 1. The van der Waals surface area contributed by atoms with Crippen LogP contribution < -0.4 is 20.7 Å². The molecule has 2 aromatic rings. The highest BCUT2D eigenvalue weighted by molar-refractivity contribution is 6.02. The Labute approximate surface area is 238 Å². The van der Waals surface area contributed by atoms with E-state index >= 15 is 0 Å². The maximum atomic E-state index is 14.0. The predicted octanol–water partition coefficient (Wildman–Crippen LogP) is 1.46. The number of nitrogens with zero attached hydrogens (tertiary/aromatic N) is 1. The van der Waals surface area contributed by atoms with Crippen LogP contribution in [-0.4, -0.2) is 83.0 Å². The number of fused-ring (bicyclic) bond motifs is 2. The second-order valence-corrected chi connectivity index (χ2v) is 12.1. The molecule has 6 rings (SSSR count). The summed E-state index contributed by atoms with van der Waals surface area (Å²) in [6.45, 7) is 1.06. The number of likely N-dealkylation sites (tertiary alicyclic amines) is 1. The molecular formula is C30H39N5O6. The molecule has 2 saturated heterocycles.